The second kappa shape index (κ2) is 12.4. The van der Waals surface area contributed by atoms with Crippen LogP contribution < -0.4 is 15.4 Å². The second-order valence-electron chi connectivity index (χ2n) is 12.8. The summed E-state index contributed by atoms with van der Waals surface area (Å²) in [6, 6.07) is 4.84. The second-order valence-corrected chi connectivity index (χ2v) is 14.2. The number of halogens is 3. The molecule has 14 heteroatoms. The number of nitrogens with two attached hydrogens (primary N) is 1. The van der Waals surface area contributed by atoms with Crippen LogP contribution in [0.2, 0.25) is 5.02 Å². The van der Waals surface area contributed by atoms with E-state index in [4.69, 9.17) is 37.0 Å². The summed E-state index contributed by atoms with van der Waals surface area (Å²) >= 11 is 8.14. The van der Waals surface area contributed by atoms with Gasteiger partial charge in [-0.3, -0.25) is 14.7 Å². The molecule has 0 spiro atoms. The molecular formula is C34H35ClF2N8O2S. The number of benzene rings is 1. The summed E-state index contributed by atoms with van der Waals surface area (Å²) in [5.74, 6) is -0.104. The maximum atomic E-state index is 14.9. The van der Waals surface area contributed by atoms with E-state index in [1.54, 1.807) is 6.20 Å². The number of likely N-dealkylation sites (tertiary alicyclic amines) is 1. The molecule has 250 valence electrons. The van der Waals surface area contributed by atoms with Gasteiger partial charge in [-0.2, -0.15) is 15.2 Å². The van der Waals surface area contributed by atoms with E-state index in [1.165, 1.54) is 18.2 Å². The lowest BCUT2D eigenvalue weighted by molar-refractivity contribution is -0.126. The Morgan fingerprint density at radius 1 is 1.38 bits per heavy atom. The van der Waals surface area contributed by atoms with Crippen molar-refractivity contribution in [2.45, 2.75) is 62.8 Å². The van der Waals surface area contributed by atoms with Crippen molar-refractivity contribution in [1.82, 2.24) is 24.8 Å². The summed E-state index contributed by atoms with van der Waals surface area (Å²) in [5, 5.41) is 11.1. The van der Waals surface area contributed by atoms with Gasteiger partial charge in [0.1, 0.15) is 41.0 Å². The molecule has 0 bridgehead atoms. The molecule has 3 saturated heterocycles. The maximum Gasteiger partial charge on any atom is 0.319 e. The van der Waals surface area contributed by atoms with Crippen LogP contribution in [-0.4, -0.2) is 87.7 Å². The van der Waals surface area contributed by atoms with E-state index in [2.05, 4.69) is 17.5 Å². The molecule has 48 heavy (non-hydrogen) atoms. The van der Waals surface area contributed by atoms with Crippen molar-refractivity contribution >= 4 is 60.7 Å². The number of hydrogen-bond donors (Lipinski definition) is 1. The molecule has 2 N–H and O–H groups in total. The highest BCUT2D eigenvalue weighted by atomic mass is 35.5. The molecule has 7 rings (SSSR count). The molecule has 10 nitrogen and oxygen atoms in total. The molecular weight excluding hydrogens is 658 g/mol. The van der Waals surface area contributed by atoms with E-state index >= 15 is 0 Å². The van der Waals surface area contributed by atoms with Gasteiger partial charge < -0.3 is 20.3 Å². The van der Waals surface area contributed by atoms with Gasteiger partial charge in [0.05, 0.1) is 44.0 Å². The smallest absolute Gasteiger partial charge is 0.319 e. The van der Waals surface area contributed by atoms with E-state index in [-0.39, 0.29) is 50.9 Å². The van der Waals surface area contributed by atoms with Crippen molar-refractivity contribution < 1.29 is 18.3 Å². The van der Waals surface area contributed by atoms with Crippen molar-refractivity contribution in [2.24, 2.45) is 0 Å². The summed E-state index contributed by atoms with van der Waals surface area (Å²) in [7, 11) is 1.92. The number of anilines is 2. The lowest BCUT2D eigenvalue weighted by Crippen LogP contribution is -2.45. The van der Waals surface area contributed by atoms with Gasteiger partial charge in [-0.25, -0.2) is 8.78 Å². The minimum Gasteiger partial charge on any atom is -0.461 e. The van der Waals surface area contributed by atoms with Crippen LogP contribution in [0.25, 0.3) is 32.2 Å². The van der Waals surface area contributed by atoms with Crippen LogP contribution in [0.3, 0.4) is 0 Å². The summed E-state index contributed by atoms with van der Waals surface area (Å²) in [5.41, 5.74) is 6.94. The van der Waals surface area contributed by atoms with E-state index in [9.17, 15) is 18.8 Å². The third kappa shape index (κ3) is 5.12. The Hall–Kier alpha value is -4.12. The Kier molecular flexibility index (Phi) is 8.38. The highest BCUT2D eigenvalue weighted by Gasteiger charge is 2.49. The Morgan fingerprint density at radius 2 is 2.19 bits per heavy atom. The average molecular weight is 693 g/mol. The lowest BCUT2D eigenvalue weighted by atomic mass is 9.95. The molecule has 1 aromatic carbocycles. The minimum absolute atomic E-state index is 0.0822. The molecule has 3 fully saturated rings. The number of carbonyl (C=O) groups excluding carboxylic acids is 1. The first kappa shape index (κ1) is 32.4. The number of hydrogen-bond acceptors (Lipinski definition) is 10. The number of amides is 1. The summed E-state index contributed by atoms with van der Waals surface area (Å²) in [4.78, 5) is 33.1. The highest BCUT2D eigenvalue weighted by molar-refractivity contribution is 7.23. The van der Waals surface area contributed by atoms with Gasteiger partial charge in [0.2, 0.25) is 5.91 Å². The molecule has 4 aromatic rings. The number of thiophene rings is 1. The van der Waals surface area contributed by atoms with Crippen molar-refractivity contribution in [3.63, 3.8) is 0 Å². The fourth-order valence-electron chi connectivity index (χ4n) is 8.02. The van der Waals surface area contributed by atoms with Gasteiger partial charge in [-0.05, 0) is 50.4 Å². The van der Waals surface area contributed by atoms with Gasteiger partial charge in [-0.15, -0.1) is 11.3 Å². The highest BCUT2D eigenvalue weighted by Crippen LogP contribution is 2.45. The normalized spacial score (nSPS) is 23.9. The van der Waals surface area contributed by atoms with E-state index in [1.807, 2.05) is 23.8 Å². The number of likely N-dealkylation sites (N-methyl/N-ethyl adjacent to an activating group) is 1. The zero-order chi connectivity index (χ0) is 33.9. The van der Waals surface area contributed by atoms with Gasteiger partial charge in [0.25, 0.3) is 0 Å². The number of carbonyl (C=O) groups is 1. The monoisotopic (exact) mass is 692 g/mol. The SMILES string of the molecule is C=CC(=O)N1CCC(N(C)c2nc(OC[C@@]34CCCN3C[C@H](F)C4)nc3c(Cl)c(-c4ccc(F)c5sc(N)c(C#N)c45)ncc23)[C@H]1CC. The largest absolute Gasteiger partial charge is 0.461 e. The quantitative estimate of drug-likeness (QED) is 0.218. The van der Waals surface area contributed by atoms with Crippen LogP contribution in [0.15, 0.2) is 31.0 Å². The van der Waals surface area contributed by atoms with Crippen LogP contribution in [0.5, 0.6) is 6.01 Å². The lowest BCUT2D eigenvalue weighted by Gasteiger charge is -2.34. The molecule has 1 amide bonds. The summed E-state index contributed by atoms with van der Waals surface area (Å²) in [6.45, 7) is 7.72. The first-order valence-corrected chi connectivity index (χ1v) is 17.2. The minimum atomic E-state index is -0.914. The Bertz CT molecular complexity index is 2000. The first-order valence-electron chi connectivity index (χ1n) is 16.1. The van der Waals surface area contributed by atoms with Gasteiger partial charge in [0.15, 0.2) is 0 Å². The van der Waals surface area contributed by atoms with E-state index in [0.717, 1.165) is 37.1 Å². The van der Waals surface area contributed by atoms with Crippen LogP contribution >= 0.6 is 22.9 Å². The van der Waals surface area contributed by atoms with Crippen molar-refractivity contribution in [3.05, 3.63) is 47.4 Å². The fraction of sp³-hybridized carbons (Fsp3) is 0.441. The van der Waals surface area contributed by atoms with Crippen molar-refractivity contribution in [2.75, 3.05) is 43.9 Å². The average Bonchev–Trinajstić information content (AvgIpc) is 3.84. The molecule has 3 aromatic heterocycles. The number of nitriles is 1. The topological polar surface area (TPSA) is 125 Å². The number of ether oxygens (including phenoxy) is 1. The summed E-state index contributed by atoms with van der Waals surface area (Å²) < 4.78 is 36.0. The molecule has 3 aliphatic heterocycles. The number of aromatic nitrogens is 3. The third-order valence-corrected chi connectivity index (χ3v) is 11.7. The predicted molar refractivity (Wildman–Crippen MR) is 184 cm³/mol. The van der Waals surface area contributed by atoms with Crippen molar-refractivity contribution in [1.29, 1.82) is 5.26 Å². The van der Waals surface area contributed by atoms with Crippen molar-refractivity contribution in [3.8, 4) is 23.3 Å². The maximum absolute atomic E-state index is 14.9. The Labute approximate surface area is 285 Å². The molecule has 1 unspecified atom stereocenters. The van der Waals surface area contributed by atoms with Crippen LogP contribution in [0.1, 0.15) is 44.6 Å². The first-order chi connectivity index (χ1) is 23.1. The zero-order valence-corrected chi connectivity index (χ0v) is 28.3. The molecule has 3 aliphatic rings. The number of nitrogen functional groups attached to an aromatic ring is 1. The fourth-order valence-corrected chi connectivity index (χ4v) is 9.26. The number of pyridine rings is 1. The number of rotatable bonds is 8. The van der Waals surface area contributed by atoms with Crippen LogP contribution in [-0.2, 0) is 4.79 Å². The zero-order valence-electron chi connectivity index (χ0n) is 26.7. The molecule has 0 aliphatic carbocycles. The molecule has 0 radical (unpaired) electrons. The van der Waals surface area contributed by atoms with Gasteiger partial charge in [0, 0.05) is 43.7 Å². The predicted octanol–water partition coefficient (Wildman–Crippen LogP) is 6.11. The van der Waals surface area contributed by atoms with Gasteiger partial charge in [-0.1, -0.05) is 25.1 Å². The molecule has 4 atom stereocenters. The number of nitrogens with zero attached hydrogens (tertiary/aromatic N) is 7. The Morgan fingerprint density at radius 3 is 2.94 bits per heavy atom. The molecule has 6 heterocycles. The number of alkyl halides is 1. The van der Waals surface area contributed by atoms with E-state index in [0.29, 0.717) is 59.3 Å². The van der Waals surface area contributed by atoms with Gasteiger partial charge >= 0.3 is 6.01 Å². The van der Waals surface area contributed by atoms with E-state index < -0.39 is 17.5 Å². The number of fused-ring (bicyclic) bond motifs is 3. The summed E-state index contributed by atoms with van der Waals surface area (Å²) in [6.07, 6.45) is 5.64. The Balaban J connectivity index is 1.36. The van der Waals surface area contributed by atoms with Crippen LogP contribution in [0.4, 0.5) is 19.6 Å². The van der Waals surface area contributed by atoms with Crippen LogP contribution in [0, 0.1) is 17.1 Å². The third-order valence-electron chi connectivity index (χ3n) is 10.3. The molecule has 0 saturated carbocycles. The standard InChI is InChI=1S/C34H35ClF2N8O2S/c1-4-23-24(9-12-45(23)25(46)5-2)43(3)32-21-15-40-28(19-7-8-22(37)30-26(19)20(14-38)31(39)48-30)27(35)29(21)41-33(42-32)47-17-34-10-6-11-44(34)16-18(36)13-34/h5,7-8,15,18,23-24H,2,4,6,9-13,16-17,39H2,1,3H3/t18-,23-,24?,34+/m1/s1.